The lowest BCUT2D eigenvalue weighted by atomic mass is 9.96. The van der Waals surface area contributed by atoms with Crippen molar-refractivity contribution < 1.29 is 229 Å². The van der Waals surface area contributed by atoms with Gasteiger partial charge in [-0.25, -0.2) is 0 Å². The van der Waals surface area contributed by atoms with E-state index in [-0.39, 0.29) is 0 Å². The van der Waals surface area contributed by atoms with Gasteiger partial charge < -0.3 is 229 Å². The Morgan fingerprint density at radius 1 is 0.200 bits per heavy atom. The zero-order valence-electron chi connectivity index (χ0n) is 52.3. The summed E-state index contributed by atoms with van der Waals surface area (Å²) in [7, 11) is 0. The van der Waals surface area contributed by atoms with Crippen LogP contribution in [0.1, 0.15) is 0 Å². The lowest BCUT2D eigenvalue weighted by molar-refractivity contribution is -0.381. The fraction of sp³-hybridized carbons (Fsp3) is 1.00. The number of hydrogen-bond donors (Lipinski definition) is 29. The zero-order chi connectivity index (χ0) is 73.4. The summed E-state index contributed by atoms with van der Waals surface area (Å²) in [6, 6.07) is 0. The van der Waals surface area contributed by atoms with Gasteiger partial charge in [-0.1, -0.05) is 0 Å². The Hall–Kier alpha value is -1.84. The number of ether oxygens (including phenoxy) is 17. The molecule has 0 bridgehead atoms. The van der Waals surface area contributed by atoms with E-state index in [1.165, 1.54) is 0 Å². The third-order valence-corrected chi connectivity index (χ3v) is 18.7. The molecule has 0 radical (unpaired) electrons. The summed E-state index contributed by atoms with van der Waals surface area (Å²) in [5, 5.41) is 314. The fourth-order valence-corrected chi connectivity index (χ4v) is 13.0. The van der Waals surface area contributed by atoms with Gasteiger partial charge >= 0.3 is 0 Å². The average Bonchev–Trinajstić information content (AvgIpc) is 1.16. The van der Waals surface area contributed by atoms with Crippen LogP contribution in [-0.4, -0.2) is 484 Å². The first-order valence-corrected chi connectivity index (χ1v) is 31.7. The molecule has 9 heterocycles. The van der Waals surface area contributed by atoms with E-state index in [1.807, 2.05) is 0 Å². The van der Waals surface area contributed by atoms with Crippen LogP contribution in [0.4, 0.5) is 0 Å². The molecule has 9 fully saturated rings. The van der Waals surface area contributed by atoms with Crippen LogP contribution in [0.25, 0.3) is 0 Å². The van der Waals surface area contributed by atoms with Crippen LogP contribution in [0.2, 0.25) is 0 Å². The van der Waals surface area contributed by atoms with Crippen molar-refractivity contribution in [2.45, 2.75) is 276 Å². The lowest BCUT2D eigenvalue weighted by Crippen LogP contribution is -2.66. The molecule has 0 amide bonds. The van der Waals surface area contributed by atoms with Crippen molar-refractivity contribution in [3.8, 4) is 0 Å². The number of aliphatic hydroxyl groups excluding tert-OH is 29. The SMILES string of the molecule is OCC1O[C@H](O[C@H]2C(CO)O[C@H](OC3[C@H]([C@H](O)CO)O[C@@H](O[C@@H]4C(O)[C@@H](OC5[C@H]([C@H](O)CO)O[C@@H](O[C@@H]6C(O)[C@@H](O)OC(CO)[C@@H]6O[C@H]6OC(CO)[C@H](O)[C@H](O)C6O)[C@H]5O)OC(CO)[C@@H]4O[C@H]4OC(CO)[C@H](O)[C@H](O)C4O)[C@H]3O)C(O)[C@H]2O[C@@H]2O[C@@H]([C@H](O)CO)C(O)[C@@H]2O)C(O)[C@@H](O)[C@H]1O. The van der Waals surface area contributed by atoms with Gasteiger partial charge in [0, 0.05) is 0 Å². The zero-order valence-corrected chi connectivity index (χ0v) is 52.3. The molecule has 0 aliphatic carbocycles. The third kappa shape index (κ3) is 16.7. The first kappa shape index (κ1) is 82.2. The summed E-state index contributed by atoms with van der Waals surface area (Å²) in [6.07, 6.45) is -95.1. The normalized spacial score (nSPS) is 52.0. The van der Waals surface area contributed by atoms with Crippen molar-refractivity contribution in [3.05, 3.63) is 0 Å². The predicted octanol–water partition coefficient (Wildman–Crippen LogP) is -20.6. The second-order valence-corrected chi connectivity index (χ2v) is 25.2. The molecule has 9 aliphatic rings. The van der Waals surface area contributed by atoms with Crippen LogP contribution >= 0.6 is 0 Å². The molecule has 9 aliphatic heterocycles. The largest absolute Gasteiger partial charge is 0.394 e. The highest BCUT2D eigenvalue weighted by Gasteiger charge is 2.62. The molecule has 29 N–H and O–H groups in total. The predicted molar refractivity (Wildman–Crippen MR) is 297 cm³/mol. The molecule has 0 aromatic rings. The molecule has 45 atom stereocenters. The van der Waals surface area contributed by atoms with E-state index in [9.17, 15) is 148 Å². The van der Waals surface area contributed by atoms with Crippen LogP contribution in [-0.2, 0) is 80.5 Å². The molecule has 46 heteroatoms. The van der Waals surface area contributed by atoms with E-state index in [1.54, 1.807) is 0 Å². The van der Waals surface area contributed by atoms with Crippen molar-refractivity contribution >= 4 is 0 Å². The molecule has 9 saturated heterocycles. The van der Waals surface area contributed by atoms with Crippen LogP contribution in [0.3, 0.4) is 0 Å². The molecule has 100 heavy (non-hydrogen) atoms. The first-order valence-electron chi connectivity index (χ1n) is 31.7. The van der Waals surface area contributed by atoms with E-state index >= 15 is 0 Å². The van der Waals surface area contributed by atoms with Crippen molar-refractivity contribution in [3.63, 3.8) is 0 Å². The van der Waals surface area contributed by atoms with Gasteiger partial charge in [0.2, 0.25) is 0 Å². The summed E-state index contributed by atoms with van der Waals surface area (Å²) in [5.41, 5.74) is 0. The molecule has 0 aromatic heterocycles. The van der Waals surface area contributed by atoms with Crippen molar-refractivity contribution in [2.75, 3.05) is 59.5 Å². The molecular formula is C54H92O46. The summed E-state index contributed by atoms with van der Waals surface area (Å²) < 4.78 is 98.3. The number of rotatable bonds is 28. The van der Waals surface area contributed by atoms with Crippen molar-refractivity contribution in [2.24, 2.45) is 0 Å². The second kappa shape index (κ2) is 35.5. The summed E-state index contributed by atoms with van der Waals surface area (Å²) in [4.78, 5) is 0. The number of hydrogen-bond acceptors (Lipinski definition) is 46. The van der Waals surface area contributed by atoms with Crippen LogP contribution in [0.5, 0.6) is 0 Å². The highest BCUT2D eigenvalue weighted by atomic mass is 16.8. The smallest absolute Gasteiger partial charge is 0.187 e. The summed E-state index contributed by atoms with van der Waals surface area (Å²) in [6.45, 7) is -10.1. The van der Waals surface area contributed by atoms with Gasteiger partial charge in [-0.3, -0.25) is 0 Å². The van der Waals surface area contributed by atoms with Gasteiger partial charge in [0.1, 0.15) is 220 Å². The van der Waals surface area contributed by atoms with Gasteiger partial charge in [0.05, 0.1) is 59.5 Å². The van der Waals surface area contributed by atoms with E-state index in [4.69, 9.17) is 80.5 Å². The lowest BCUT2D eigenvalue weighted by Gasteiger charge is -2.48. The Morgan fingerprint density at radius 2 is 0.420 bits per heavy atom. The molecule has 0 saturated carbocycles. The molecular weight excluding hydrogens is 1380 g/mol. The number of aliphatic hydroxyl groups is 29. The minimum atomic E-state index is -2.56. The Morgan fingerprint density at radius 3 is 0.740 bits per heavy atom. The summed E-state index contributed by atoms with van der Waals surface area (Å²) >= 11 is 0. The standard InChI is InChI=1S/C54H92O46/c55-1-10(64)35-25(73)29(77)50(90-35)99-44-33(81)51(88-17(8-62)39(44)94-48-27(75)23(71)20(68)14(5-59)86-48)98-43-32(80)54(92-37(43)12(66)3-57)100-45-34(82)52(89-18(9-63)40(45)95-49-28(76)24(72)21(69)15(6-60)87-49)97-42-31(79)53(91-36(42)11(65)2-56)96-41-30(78)46(83)84-16(7-61)38(41)93-47-26(74)22(70)19(67)13(4-58)85-47/h10-83H,1-9H2/t10-,11-,12-,13?,14?,15?,16?,17?,18?,19+,20+,21+,22+,23+,24+,25?,26?,27?,28?,29+,30?,31+,32+,33?,34?,35+,36+,37+,38+,39+,40+,41-,42?,43?,44-,45-,46+,47-,48-,49-,50+,51-,52-,53+,54+/m1/s1. The first-order chi connectivity index (χ1) is 47.5. The van der Waals surface area contributed by atoms with Crippen molar-refractivity contribution in [1.29, 1.82) is 0 Å². The van der Waals surface area contributed by atoms with E-state index in [0.29, 0.717) is 0 Å². The van der Waals surface area contributed by atoms with E-state index in [2.05, 4.69) is 0 Å². The van der Waals surface area contributed by atoms with Crippen LogP contribution in [0, 0.1) is 0 Å². The fourth-order valence-electron chi connectivity index (χ4n) is 13.0. The summed E-state index contributed by atoms with van der Waals surface area (Å²) in [5.74, 6) is 0. The van der Waals surface area contributed by atoms with Crippen molar-refractivity contribution in [1.82, 2.24) is 0 Å². The van der Waals surface area contributed by atoms with Crippen LogP contribution < -0.4 is 0 Å². The molecule has 584 valence electrons. The maximum Gasteiger partial charge on any atom is 0.187 e. The highest BCUT2D eigenvalue weighted by molar-refractivity contribution is 5.04. The third-order valence-electron chi connectivity index (χ3n) is 18.7. The molecule has 0 spiro atoms. The second-order valence-electron chi connectivity index (χ2n) is 25.2. The topological polar surface area (TPSA) is 744 Å². The van der Waals surface area contributed by atoms with Gasteiger partial charge in [0.15, 0.2) is 56.6 Å². The highest BCUT2D eigenvalue weighted by Crippen LogP contribution is 2.42. The van der Waals surface area contributed by atoms with Gasteiger partial charge in [-0.05, 0) is 0 Å². The molecule has 15 unspecified atom stereocenters. The van der Waals surface area contributed by atoms with E-state index < -0.39 is 336 Å². The Labute approximate surface area is 563 Å². The van der Waals surface area contributed by atoms with E-state index in [0.717, 1.165) is 0 Å². The Bertz CT molecular complexity index is 2450. The molecule has 9 rings (SSSR count). The monoisotopic (exact) mass is 1480 g/mol. The van der Waals surface area contributed by atoms with Gasteiger partial charge in [-0.15, -0.1) is 0 Å². The maximum atomic E-state index is 12.5. The average molecular weight is 1480 g/mol. The molecule has 46 nitrogen and oxygen atoms in total. The molecule has 0 aromatic carbocycles. The van der Waals surface area contributed by atoms with Gasteiger partial charge in [-0.2, -0.15) is 0 Å². The van der Waals surface area contributed by atoms with Crippen LogP contribution in [0.15, 0.2) is 0 Å². The quantitative estimate of drug-likeness (QED) is 0.0346. The Kier molecular flexibility index (Phi) is 29.2. The van der Waals surface area contributed by atoms with Gasteiger partial charge in [0.25, 0.3) is 0 Å². The minimum Gasteiger partial charge on any atom is -0.394 e. The Balaban J connectivity index is 1.01. The maximum absolute atomic E-state index is 12.5. The minimum absolute atomic E-state index is 0.954.